The van der Waals surface area contributed by atoms with Crippen LogP contribution in [0, 0.1) is 0 Å². The largest absolute Gasteiger partial charge is 0.416 e. The van der Waals surface area contributed by atoms with Crippen molar-refractivity contribution in [1.29, 1.82) is 0 Å². The molecule has 2 amide bonds. The Balaban J connectivity index is 1.58. The van der Waals surface area contributed by atoms with Crippen molar-refractivity contribution < 1.29 is 18.0 Å². The molecule has 1 N–H and O–H groups in total. The van der Waals surface area contributed by atoms with Crippen LogP contribution in [-0.4, -0.2) is 48.1 Å². The number of piperidine rings is 1. The van der Waals surface area contributed by atoms with Gasteiger partial charge in [0.05, 0.1) is 5.56 Å². The molecule has 0 unspecified atom stereocenters. The van der Waals surface area contributed by atoms with Crippen molar-refractivity contribution in [3.63, 3.8) is 0 Å². The van der Waals surface area contributed by atoms with Crippen LogP contribution in [0.25, 0.3) is 0 Å². The fraction of sp³-hybridized carbons (Fsp3) is 0.588. The Kier molecular flexibility index (Phi) is 4.71. The molecule has 0 spiro atoms. The summed E-state index contributed by atoms with van der Waals surface area (Å²) in [6.45, 7) is 5.18. The number of rotatable bonds is 3. The van der Waals surface area contributed by atoms with Crippen LogP contribution >= 0.6 is 0 Å². The Morgan fingerprint density at radius 3 is 2.25 bits per heavy atom. The molecule has 2 heterocycles. The van der Waals surface area contributed by atoms with Crippen LogP contribution < -0.4 is 5.32 Å². The van der Waals surface area contributed by atoms with E-state index in [-0.39, 0.29) is 18.1 Å². The monoisotopic (exact) mass is 341 g/mol. The second kappa shape index (κ2) is 6.63. The van der Waals surface area contributed by atoms with Crippen LogP contribution in [0.4, 0.5) is 18.0 Å². The lowest BCUT2D eigenvalue weighted by Crippen LogP contribution is -2.46. The number of benzene rings is 1. The summed E-state index contributed by atoms with van der Waals surface area (Å²) in [5.41, 5.74) is 0.276. The molecule has 0 bridgehead atoms. The van der Waals surface area contributed by atoms with Gasteiger partial charge in [0.1, 0.15) is 0 Å². The van der Waals surface area contributed by atoms with Crippen molar-refractivity contribution in [2.75, 3.05) is 26.2 Å². The number of hydrogen-bond acceptors (Lipinski definition) is 2. The van der Waals surface area contributed by atoms with Gasteiger partial charge in [0, 0.05) is 38.3 Å². The highest BCUT2D eigenvalue weighted by Gasteiger charge is 2.33. The predicted octanol–water partition coefficient (Wildman–Crippen LogP) is 3.26. The van der Waals surface area contributed by atoms with E-state index in [0.29, 0.717) is 6.54 Å². The van der Waals surface area contributed by atoms with E-state index in [9.17, 15) is 18.0 Å². The van der Waals surface area contributed by atoms with Crippen molar-refractivity contribution >= 4 is 6.03 Å². The van der Waals surface area contributed by atoms with Gasteiger partial charge in [-0.05, 0) is 37.5 Å². The first kappa shape index (κ1) is 17.1. The third kappa shape index (κ3) is 3.50. The summed E-state index contributed by atoms with van der Waals surface area (Å²) in [4.78, 5) is 15.9. The number of likely N-dealkylation sites (tertiary alicyclic amines) is 1. The first-order valence-corrected chi connectivity index (χ1v) is 8.32. The summed E-state index contributed by atoms with van der Waals surface area (Å²) in [7, 11) is 0. The van der Waals surface area contributed by atoms with Gasteiger partial charge in [-0.15, -0.1) is 0 Å². The normalized spacial score (nSPS) is 21.8. The molecule has 2 fully saturated rings. The van der Waals surface area contributed by atoms with Gasteiger partial charge in [-0.2, -0.15) is 13.2 Å². The van der Waals surface area contributed by atoms with Crippen molar-refractivity contribution in [2.45, 2.75) is 38.0 Å². The van der Waals surface area contributed by atoms with Gasteiger partial charge < -0.3 is 10.2 Å². The lowest BCUT2D eigenvalue weighted by molar-refractivity contribution is -0.137. The van der Waals surface area contributed by atoms with Gasteiger partial charge in [-0.25, -0.2) is 4.79 Å². The van der Waals surface area contributed by atoms with Crippen molar-refractivity contribution in [2.24, 2.45) is 0 Å². The van der Waals surface area contributed by atoms with E-state index >= 15 is 0 Å². The predicted molar refractivity (Wildman–Crippen MR) is 84.6 cm³/mol. The molecule has 7 heteroatoms. The van der Waals surface area contributed by atoms with Crippen LogP contribution in [-0.2, 0) is 6.18 Å². The highest BCUT2D eigenvalue weighted by Crippen LogP contribution is 2.31. The van der Waals surface area contributed by atoms with Crippen LogP contribution in [0.3, 0.4) is 0 Å². The molecular weight excluding hydrogens is 319 g/mol. The van der Waals surface area contributed by atoms with Crippen LogP contribution in [0.2, 0.25) is 0 Å². The number of halogens is 3. The fourth-order valence-corrected chi connectivity index (χ4v) is 3.58. The molecule has 132 valence electrons. The highest BCUT2D eigenvalue weighted by atomic mass is 19.4. The SMILES string of the molecule is C[C@H](c1ccc(C(F)(F)F)cc1)N1CCC(N2CCNC2=O)CC1. The fourth-order valence-electron chi connectivity index (χ4n) is 3.58. The van der Waals surface area contributed by atoms with Gasteiger partial charge in [0.25, 0.3) is 0 Å². The number of nitrogens with one attached hydrogen (secondary N) is 1. The van der Waals surface area contributed by atoms with E-state index in [1.165, 1.54) is 0 Å². The molecule has 0 aliphatic carbocycles. The Bertz CT molecular complexity index is 580. The molecule has 1 atom stereocenters. The van der Waals surface area contributed by atoms with Gasteiger partial charge in [-0.1, -0.05) is 12.1 Å². The first-order valence-electron chi connectivity index (χ1n) is 8.32. The van der Waals surface area contributed by atoms with Gasteiger partial charge in [0.2, 0.25) is 0 Å². The number of urea groups is 1. The number of amides is 2. The quantitative estimate of drug-likeness (QED) is 0.916. The zero-order valence-corrected chi connectivity index (χ0v) is 13.6. The Morgan fingerprint density at radius 2 is 1.75 bits per heavy atom. The molecular formula is C17H22F3N3O. The third-order valence-corrected chi connectivity index (χ3v) is 5.10. The van der Waals surface area contributed by atoms with Gasteiger partial charge in [-0.3, -0.25) is 4.90 Å². The summed E-state index contributed by atoms with van der Waals surface area (Å²) in [5.74, 6) is 0. The maximum absolute atomic E-state index is 12.7. The average molecular weight is 341 g/mol. The number of nitrogens with zero attached hydrogens (tertiary/aromatic N) is 2. The maximum atomic E-state index is 12.7. The topological polar surface area (TPSA) is 35.6 Å². The zero-order valence-electron chi connectivity index (χ0n) is 13.6. The van der Waals surface area contributed by atoms with Crippen molar-refractivity contribution in [1.82, 2.24) is 15.1 Å². The van der Waals surface area contributed by atoms with Gasteiger partial charge in [0.15, 0.2) is 0 Å². The maximum Gasteiger partial charge on any atom is 0.416 e. The lowest BCUT2D eigenvalue weighted by atomic mass is 9.98. The third-order valence-electron chi connectivity index (χ3n) is 5.10. The summed E-state index contributed by atoms with van der Waals surface area (Å²) < 4.78 is 38.0. The van der Waals surface area contributed by atoms with Crippen molar-refractivity contribution in [3.8, 4) is 0 Å². The molecule has 0 aromatic heterocycles. The van der Waals surface area contributed by atoms with Gasteiger partial charge >= 0.3 is 12.2 Å². The van der Waals surface area contributed by atoms with E-state index < -0.39 is 11.7 Å². The summed E-state index contributed by atoms with van der Waals surface area (Å²) in [6, 6.07) is 5.77. The molecule has 3 rings (SSSR count). The van der Waals surface area contributed by atoms with Crippen LogP contribution in [0.15, 0.2) is 24.3 Å². The molecule has 1 aromatic carbocycles. The zero-order chi connectivity index (χ0) is 17.3. The molecule has 0 saturated carbocycles. The van der Waals surface area contributed by atoms with Crippen LogP contribution in [0.1, 0.15) is 36.9 Å². The molecule has 2 aliphatic rings. The summed E-state index contributed by atoms with van der Waals surface area (Å²) in [5, 5.41) is 2.83. The van der Waals surface area contributed by atoms with E-state index in [1.807, 2.05) is 11.8 Å². The number of carbonyl (C=O) groups is 1. The highest BCUT2D eigenvalue weighted by molar-refractivity contribution is 5.76. The van der Waals surface area contributed by atoms with E-state index in [4.69, 9.17) is 0 Å². The van der Waals surface area contributed by atoms with Crippen molar-refractivity contribution in [3.05, 3.63) is 35.4 Å². The Morgan fingerprint density at radius 1 is 1.12 bits per heavy atom. The van der Waals surface area contributed by atoms with E-state index in [0.717, 1.165) is 50.2 Å². The summed E-state index contributed by atoms with van der Waals surface area (Å²) in [6.07, 6.45) is -2.49. The second-order valence-corrected chi connectivity index (χ2v) is 6.49. The standard InChI is InChI=1S/C17H22F3N3O/c1-12(13-2-4-14(5-3-13)17(18,19)20)22-9-6-15(7-10-22)23-11-8-21-16(23)24/h2-5,12,15H,6-11H2,1H3,(H,21,24)/t12-/m1/s1. The molecule has 2 saturated heterocycles. The molecule has 2 aliphatic heterocycles. The minimum Gasteiger partial charge on any atom is -0.336 e. The van der Waals surface area contributed by atoms with E-state index in [1.54, 1.807) is 12.1 Å². The first-order chi connectivity index (χ1) is 11.4. The Hall–Kier alpha value is -1.76. The second-order valence-electron chi connectivity index (χ2n) is 6.49. The smallest absolute Gasteiger partial charge is 0.336 e. The number of alkyl halides is 3. The molecule has 0 radical (unpaired) electrons. The minimum absolute atomic E-state index is 0.0178. The number of hydrogen-bond donors (Lipinski definition) is 1. The lowest BCUT2D eigenvalue weighted by Gasteiger charge is -2.39. The van der Waals surface area contributed by atoms with E-state index in [2.05, 4.69) is 10.2 Å². The Labute approximate surface area is 139 Å². The average Bonchev–Trinajstić information content (AvgIpc) is 3.00. The molecule has 1 aromatic rings. The minimum atomic E-state index is -4.30. The van der Waals surface area contributed by atoms with Crippen LogP contribution in [0.5, 0.6) is 0 Å². The molecule has 24 heavy (non-hydrogen) atoms. The molecule has 4 nitrogen and oxygen atoms in total. The summed E-state index contributed by atoms with van der Waals surface area (Å²) >= 11 is 0. The number of carbonyl (C=O) groups excluding carboxylic acids is 1.